The number of hydrogen-bond donors (Lipinski definition) is 0. The second kappa shape index (κ2) is 10.0. The van der Waals surface area contributed by atoms with Gasteiger partial charge in [0.05, 0.1) is 7.11 Å². The molecule has 0 N–H and O–H groups in total. The smallest absolute Gasteiger partial charge is 0.305 e. The van der Waals surface area contributed by atoms with Crippen molar-refractivity contribution >= 4 is 17.9 Å². The Hall–Kier alpha value is -1.59. The largest absolute Gasteiger partial charge is 0.469 e. The summed E-state index contributed by atoms with van der Waals surface area (Å²) in [4.78, 5) is 35.7. The lowest BCUT2D eigenvalue weighted by atomic mass is 9.43. The van der Waals surface area contributed by atoms with Gasteiger partial charge in [0.25, 0.3) is 0 Å². The summed E-state index contributed by atoms with van der Waals surface area (Å²) in [5.41, 5.74) is 0.147. The number of carbonyl (C=O) groups is 3. The number of rotatable bonds is 6. The average molecular weight is 491 g/mol. The molecule has 0 aromatic carbocycles. The SMILES string of the molecule is COC(=O)CC[C@H](C)[C@@H]1CC[C@@H]2[C@@H]3CC[C@@H]4C[C@H](OC(C)=O)CC[C@]4(C)[C@@H]3C[C@H](OC(C)=O)[C@]21C. The van der Waals surface area contributed by atoms with Crippen LogP contribution in [0.4, 0.5) is 0 Å². The van der Waals surface area contributed by atoms with Gasteiger partial charge in [-0.2, -0.15) is 0 Å². The highest BCUT2D eigenvalue weighted by atomic mass is 16.5. The van der Waals surface area contributed by atoms with Gasteiger partial charge in [0.1, 0.15) is 12.2 Å². The van der Waals surface area contributed by atoms with E-state index in [1.165, 1.54) is 33.3 Å². The summed E-state index contributed by atoms with van der Waals surface area (Å²) >= 11 is 0. The van der Waals surface area contributed by atoms with Crippen LogP contribution < -0.4 is 0 Å². The third kappa shape index (κ3) is 4.75. The predicted octanol–water partition coefficient (Wildman–Crippen LogP) is 5.71. The fourth-order valence-corrected chi connectivity index (χ4v) is 9.48. The summed E-state index contributed by atoms with van der Waals surface area (Å²) in [5, 5.41) is 0. The van der Waals surface area contributed by atoms with E-state index in [1.54, 1.807) is 6.92 Å². The van der Waals surface area contributed by atoms with Crippen LogP contribution in [0.25, 0.3) is 0 Å². The third-order valence-electron chi connectivity index (χ3n) is 11.1. The molecule has 6 nitrogen and oxygen atoms in total. The molecule has 0 aromatic rings. The summed E-state index contributed by atoms with van der Waals surface area (Å²) in [7, 11) is 1.45. The second-order valence-corrected chi connectivity index (χ2v) is 12.6. The van der Waals surface area contributed by atoms with Crippen LogP contribution in [0, 0.1) is 46.3 Å². The standard InChI is InChI=1S/C29H46O6/c1-17(7-12-27(32)33-6)23-10-11-24-22-9-8-20-15-21(34-18(2)30)13-14-28(20,4)25(22)16-26(29(23,24)5)35-19(3)31/h17,20-26H,7-16H2,1-6H3/t17-,20+,21+,22-,23-,24+,25+,26-,28-,29-/m0/s1. The Kier molecular flexibility index (Phi) is 7.60. The second-order valence-electron chi connectivity index (χ2n) is 12.6. The van der Waals surface area contributed by atoms with Crippen molar-refractivity contribution in [2.75, 3.05) is 7.11 Å². The van der Waals surface area contributed by atoms with E-state index in [0.717, 1.165) is 38.5 Å². The molecular formula is C29H46O6. The third-order valence-corrected chi connectivity index (χ3v) is 11.1. The molecular weight excluding hydrogens is 444 g/mol. The molecule has 0 amide bonds. The van der Waals surface area contributed by atoms with Crippen molar-refractivity contribution in [3.05, 3.63) is 0 Å². The molecule has 0 saturated heterocycles. The van der Waals surface area contributed by atoms with Crippen molar-refractivity contribution in [1.82, 2.24) is 0 Å². The number of carbonyl (C=O) groups excluding carboxylic acids is 3. The zero-order chi connectivity index (χ0) is 25.5. The van der Waals surface area contributed by atoms with Gasteiger partial charge in [-0.1, -0.05) is 20.8 Å². The van der Waals surface area contributed by atoms with Gasteiger partial charge < -0.3 is 14.2 Å². The Morgan fingerprint density at radius 3 is 2.29 bits per heavy atom. The first-order valence-corrected chi connectivity index (χ1v) is 13.9. The predicted molar refractivity (Wildman–Crippen MR) is 132 cm³/mol. The zero-order valence-corrected chi connectivity index (χ0v) is 22.6. The zero-order valence-electron chi connectivity index (χ0n) is 22.6. The van der Waals surface area contributed by atoms with Crippen molar-refractivity contribution in [3.63, 3.8) is 0 Å². The molecule has 0 bridgehead atoms. The molecule has 4 fully saturated rings. The maximum Gasteiger partial charge on any atom is 0.305 e. The van der Waals surface area contributed by atoms with Crippen LogP contribution >= 0.6 is 0 Å². The molecule has 35 heavy (non-hydrogen) atoms. The van der Waals surface area contributed by atoms with Crippen LogP contribution in [0.3, 0.4) is 0 Å². The lowest BCUT2D eigenvalue weighted by Gasteiger charge is -2.62. The first-order chi connectivity index (χ1) is 16.5. The number of hydrogen-bond acceptors (Lipinski definition) is 6. The Bertz CT molecular complexity index is 824. The van der Waals surface area contributed by atoms with Gasteiger partial charge >= 0.3 is 17.9 Å². The molecule has 4 aliphatic rings. The molecule has 0 aliphatic heterocycles. The first-order valence-electron chi connectivity index (χ1n) is 13.9. The highest BCUT2D eigenvalue weighted by Crippen LogP contribution is 2.69. The van der Waals surface area contributed by atoms with E-state index in [9.17, 15) is 14.4 Å². The molecule has 10 atom stereocenters. The van der Waals surface area contributed by atoms with Crippen LogP contribution in [0.2, 0.25) is 0 Å². The summed E-state index contributed by atoms with van der Waals surface area (Å²) < 4.78 is 16.7. The summed E-state index contributed by atoms with van der Waals surface area (Å²) in [6.07, 6.45) is 9.87. The van der Waals surface area contributed by atoms with E-state index >= 15 is 0 Å². The normalized spacial score (nSPS) is 43.2. The Morgan fingerprint density at radius 2 is 1.63 bits per heavy atom. The summed E-state index contributed by atoms with van der Waals surface area (Å²) in [6, 6.07) is 0. The van der Waals surface area contributed by atoms with Gasteiger partial charge in [-0.15, -0.1) is 0 Å². The Balaban J connectivity index is 1.58. The molecule has 198 valence electrons. The molecule has 6 heteroatoms. The highest BCUT2D eigenvalue weighted by Gasteiger charge is 2.65. The number of esters is 3. The molecule has 0 spiro atoms. The minimum absolute atomic E-state index is 0.0479. The summed E-state index contributed by atoms with van der Waals surface area (Å²) in [6.45, 7) is 10.2. The van der Waals surface area contributed by atoms with Crippen molar-refractivity contribution in [2.45, 2.75) is 111 Å². The maximum absolute atomic E-state index is 12.3. The van der Waals surface area contributed by atoms with E-state index in [0.29, 0.717) is 41.9 Å². The molecule has 0 unspecified atom stereocenters. The Morgan fingerprint density at radius 1 is 0.914 bits per heavy atom. The van der Waals surface area contributed by atoms with Crippen LogP contribution in [-0.4, -0.2) is 37.2 Å². The van der Waals surface area contributed by atoms with E-state index in [2.05, 4.69) is 20.8 Å². The van der Waals surface area contributed by atoms with Gasteiger partial charge in [0, 0.05) is 25.7 Å². The van der Waals surface area contributed by atoms with Gasteiger partial charge in [-0.05, 0) is 98.7 Å². The van der Waals surface area contributed by atoms with Gasteiger partial charge in [0.2, 0.25) is 0 Å². The average Bonchev–Trinajstić information content (AvgIpc) is 3.16. The van der Waals surface area contributed by atoms with E-state index in [4.69, 9.17) is 14.2 Å². The molecule has 4 aliphatic carbocycles. The van der Waals surface area contributed by atoms with Crippen molar-refractivity contribution < 1.29 is 28.6 Å². The Labute approximate surface area is 211 Å². The highest BCUT2D eigenvalue weighted by molar-refractivity contribution is 5.69. The van der Waals surface area contributed by atoms with Crippen LogP contribution in [0.1, 0.15) is 98.8 Å². The first kappa shape index (κ1) is 26.5. The van der Waals surface area contributed by atoms with Crippen molar-refractivity contribution in [3.8, 4) is 0 Å². The van der Waals surface area contributed by atoms with E-state index < -0.39 is 0 Å². The molecule has 4 saturated carbocycles. The lowest BCUT2D eigenvalue weighted by Crippen LogP contribution is -2.59. The number of ether oxygens (including phenoxy) is 3. The van der Waals surface area contributed by atoms with Gasteiger partial charge in [-0.25, -0.2) is 0 Å². The number of fused-ring (bicyclic) bond motifs is 5. The lowest BCUT2D eigenvalue weighted by molar-refractivity contribution is -0.197. The minimum atomic E-state index is -0.183. The molecule has 0 heterocycles. The van der Waals surface area contributed by atoms with Crippen molar-refractivity contribution in [1.29, 1.82) is 0 Å². The summed E-state index contributed by atoms with van der Waals surface area (Å²) in [5.74, 6) is 2.60. The maximum atomic E-state index is 12.3. The number of methoxy groups -OCH3 is 1. The van der Waals surface area contributed by atoms with Crippen LogP contribution in [0.15, 0.2) is 0 Å². The van der Waals surface area contributed by atoms with Crippen LogP contribution in [0.5, 0.6) is 0 Å². The van der Waals surface area contributed by atoms with Crippen LogP contribution in [-0.2, 0) is 28.6 Å². The van der Waals surface area contributed by atoms with Gasteiger partial charge in [0.15, 0.2) is 0 Å². The fraction of sp³-hybridized carbons (Fsp3) is 0.897. The molecule has 0 radical (unpaired) electrons. The van der Waals surface area contributed by atoms with E-state index in [1.807, 2.05) is 0 Å². The fourth-order valence-electron chi connectivity index (χ4n) is 9.48. The van der Waals surface area contributed by atoms with E-state index in [-0.39, 0.29) is 40.9 Å². The molecule has 4 rings (SSSR count). The quantitative estimate of drug-likeness (QED) is 0.351. The van der Waals surface area contributed by atoms with Crippen molar-refractivity contribution in [2.24, 2.45) is 46.3 Å². The molecule has 0 aromatic heterocycles. The van der Waals surface area contributed by atoms with Gasteiger partial charge in [-0.3, -0.25) is 14.4 Å². The monoisotopic (exact) mass is 490 g/mol. The topological polar surface area (TPSA) is 78.9 Å². The minimum Gasteiger partial charge on any atom is -0.469 e.